The van der Waals surface area contributed by atoms with Crippen molar-refractivity contribution in [1.29, 1.82) is 0 Å². The standard InChI is InChI=1S/C11H16FN5/c1-9-11(8-17(15-9)4-3-12)13-5-10-6-14-16(2)7-10/h6-8,13H,3-5H2,1-2H3. The third-order valence-corrected chi connectivity index (χ3v) is 2.50. The Kier molecular flexibility index (Phi) is 3.41. The van der Waals surface area contributed by atoms with Crippen LogP contribution in [0.5, 0.6) is 0 Å². The Bertz CT molecular complexity index is 488. The summed E-state index contributed by atoms with van der Waals surface area (Å²) in [6.45, 7) is 2.49. The van der Waals surface area contributed by atoms with E-state index in [1.165, 1.54) is 0 Å². The molecule has 1 N–H and O–H groups in total. The maximum atomic E-state index is 12.2. The molecule has 6 heteroatoms. The summed E-state index contributed by atoms with van der Waals surface area (Å²) < 4.78 is 15.6. The van der Waals surface area contributed by atoms with Gasteiger partial charge in [0.25, 0.3) is 0 Å². The maximum Gasteiger partial charge on any atom is 0.109 e. The summed E-state index contributed by atoms with van der Waals surface area (Å²) in [5, 5.41) is 11.6. The molecule has 0 aromatic carbocycles. The molecule has 0 radical (unpaired) electrons. The number of halogens is 1. The summed E-state index contributed by atoms with van der Waals surface area (Å²) in [5.41, 5.74) is 2.91. The van der Waals surface area contributed by atoms with Crippen LogP contribution in [0.15, 0.2) is 18.6 Å². The highest BCUT2D eigenvalue weighted by atomic mass is 19.1. The fourth-order valence-corrected chi connectivity index (χ4v) is 1.65. The number of nitrogens with one attached hydrogen (secondary N) is 1. The number of anilines is 1. The number of nitrogens with zero attached hydrogens (tertiary/aromatic N) is 4. The summed E-state index contributed by atoms with van der Waals surface area (Å²) >= 11 is 0. The molecule has 2 rings (SSSR count). The zero-order valence-corrected chi connectivity index (χ0v) is 10.0. The molecule has 2 aromatic heterocycles. The molecule has 0 bridgehead atoms. The highest BCUT2D eigenvalue weighted by molar-refractivity contribution is 5.45. The molecule has 2 aromatic rings. The van der Waals surface area contributed by atoms with Gasteiger partial charge >= 0.3 is 0 Å². The van der Waals surface area contributed by atoms with Crippen molar-refractivity contribution in [3.8, 4) is 0 Å². The molecule has 0 fully saturated rings. The molecular formula is C11H16FN5. The van der Waals surface area contributed by atoms with Crippen molar-refractivity contribution in [3.63, 3.8) is 0 Å². The van der Waals surface area contributed by atoms with E-state index in [1.807, 2.05) is 32.6 Å². The second kappa shape index (κ2) is 4.99. The maximum absolute atomic E-state index is 12.2. The van der Waals surface area contributed by atoms with Gasteiger partial charge in [-0.1, -0.05) is 0 Å². The van der Waals surface area contributed by atoms with E-state index in [-0.39, 0.29) is 0 Å². The molecular weight excluding hydrogens is 221 g/mol. The van der Waals surface area contributed by atoms with E-state index in [0.29, 0.717) is 13.1 Å². The predicted molar refractivity (Wildman–Crippen MR) is 63.5 cm³/mol. The molecule has 0 aliphatic carbocycles. The van der Waals surface area contributed by atoms with Crippen LogP contribution in [0.2, 0.25) is 0 Å². The van der Waals surface area contributed by atoms with E-state index in [4.69, 9.17) is 0 Å². The Morgan fingerprint density at radius 3 is 2.88 bits per heavy atom. The SMILES string of the molecule is Cc1nn(CCF)cc1NCc1cnn(C)c1. The third-order valence-electron chi connectivity index (χ3n) is 2.50. The zero-order chi connectivity index (χ0) is 12.3. The fourth-order valence-electron chi connectivity index (χ4n) is 1.65. The molecule has 0 atom stereocenters. The van der Waals surface area contributed by atoms with Crippen molar-refractivity contribution in [1.82, 2.24) is 19.6 Å². The second-order valence-electron chi connectivity index (χ2n) is 3.96. The average Bonchev–Trinajstić information content (AvgIpc) is 2.83. The van der Waals surface area contributed by atoms with Gasteiger partial charge in [0.15, 0.2) is 0 Å². The Labute approximate surface area is 99.2 Å². The Morgan fingerprint density at radius 1 is 1.41 bits per heavy atom. The van der Waals surface area contributed by atoms with E-state index in [9.17, 15) is 4.39 Å². The number of aromatic nitrogens is 4. The van der Waals surface area contributed by atoms with E-state index < -0.39 is 6.67 Å². The van der Waals surface area contributed by atoms with Gasteiger partial charge in [-0.3, -0.25) is 9.36 Å². The Balaban J connectivity index is 1.98. The van der Waals surface area contributed by atoms with Crippen molar-refractivity contribution in [3.05, 3.63) is 29.8 Å². The zero-order valence-electron chi connectivity index (χ0n) is 10.0. The molecule has 0 unspecified atom stereocenters. The minimum absolute atomic E-state index is 0.301. The lowest BCUT2D eigenvalue weighted by Gasteiger charge is -2.01. The highest BCUT2D eigenvalue weighted by Gasteiger charge is 2.04. The topological polar surface area (TPSA) is 47.7 Å². The molecule has 0 saturated carbocycles. The monoisotopic (exact) mass is 237 g/mol. The smallest absolute Gasteiger partial charge is 0.109 e. The average molecular weight is 237 g/mol. The first-order valence-corrected chi connectivity index (χ1v) is 5.50. The second-order valence-corrected chi connectivity index (χ2v) is 3.96. The summed E-state index contributed by atoms with van der Waals surface area (Å²) in [7, 11) is 1.88. The molecule has 5 nitrogen and oxygen atoms in total. The first kappa shape index (κ1) is 11.6. The van der Waals surface area contributed by atoms with E-state index in [0.717, 1.165) is 16.9 Å². The molecule has 0 aliphatic rings. The van der Waals surface area contributed by atoms with Crippen molar-refractivity contribution >= 4 is 5.69 Å². The highest BCUT2D eigenvalue weighted by Crippen LogP contribution is 2.13. The largest absolute Gasteiger partial charge is 0.378 e. The molecule has 0 amide bonds. The molecule has 17 heavy (non-hydrogen) atoms. The van der Waals surface area contributed by atoms with Crippen LogP contribution in [0, 0.1) is 6.92 Å². The van der Waals surface area contributed by atoms with Crippen molar-refractivity contribution in [2.45, 2.75) is 20.0 Å². The van der Waals surface area contributed by atoms with Gasteiger partial charge in [0.1, 0.15) is 6.67 Å². The van der Waals surface area contributed by atoms with Gasteiger partial charge in [0.2, 0.25) is 0 Å². The number of alkyl halides is 1. The van der Waals surface area contributed by atoms with Crippen LogP contribution < -0.4 is 5.32 Å². The van der Waals surface area contributed by atoms with Crippen molar-refractivity contribution in [2.24, 2.45) is 7.05 Å². The quantitative estimate of drug-likeness (QED) is 0.857. The predicted octanol–water partition coefficient (Wildman–Crippen LogP) is 1.51. The van der Waals surface area contributed by atoms with Crippen molar-refractivity contribution < 1.29 is 4.39 Å². The fraction of sp³-hybridized carbons (Fsp3) is 0.455. The number of aryl methyl sites for hydroxylation is 3. The van der Waals surface area contributed by atoms with Crippen LogP contribution in [-0.2, 0) is 20.1 Å². The molecule has 0 spiro atoms. The van der Waals surface area contributed by atoms with Gasteiger partial charge in [0.05, 0.1) is 24.1 Å². The first-order chi connectivity index (χ1) is 8.19. The van der Waals surface area contributed by atoms with Crippen molar-refractivity contribution in [2.75, 3.05) is 12.0 Å². The molecule has 92 valence electrons. The lowest BCUT2D eigenvalue weighted by Crippen LogP contribution is -2.00. The lowest BCUT2D eigenvalue weighted by atomic mass is 10.3. The first-order valence-electron chi connectivity index (χ1n) is 5.50. The molecule has 0 saturated heterocycles. The number of hydrogen-bond acceptors (Lipinski definition) is 3. The van der Waals surface area contributed by atoms with E-state index >= 15 is 0 Å². The van der Waals surface area contributed by atoms with Crippen LogP contribution in [-0.4, -0.2) is 26.2 Å². The van der Waals surface area contributed by atoms with Crippen LogP contribution in [0.3, 0.4) is 0 Å². The normalized spacial score (nSPS) is 10.8. The van der Waals surface area contributed by atoms with Gasteiger partial charge in [-0.05, 0) is 6.92 Å². The Hall–Kier alpha value is -1.85. The minimum atomic E-state index is -0.400. The van der Waals surface area contributed by atoms with Crippen LogP contribution in [0.25, 0.3) is 0 Å². The minimum Gasteiger partial charge on any atom is -0.378 e. The third kappa shape index (κ3) is 2.83. The van der Waals surface area contributed by atoms with Crippen LogP contribution in [0.4, 0.5) is 10.1 Å². The number of rotatable bonds is 5. The summed E-state index contributed by atoms with van der Waals surface area (Å²) in [6, 6.07) is 0. The molecule has 2 heterocycles. The van der Waals surface area contributed by atoms with Crippen LogP contribution >= 0.6 is 0 Å². The van der Waals surface area contributed by atoms with E-state index in [2.05, 4.69) is 15.5 Å². The Morgan fingerprint density at radius 2 is 2.24 bits per heavy atom. The van der Waals surface area contributed by atoms with Gasteiger partial charge < -0.3 is 5.32 Å². The van der Waals surface area contributed by atoms with Gasteiger partial charge in [0, 0.05) is 31.5 Å². The number of hydrogen-bond donors (Lipinski definition) is 1. The lowest BCUT2D eigenvalue weighted by molar-refractivity contribution is 0.426. The van der Waals surface area contributed by atoms with E-state index in [1.54, 1.807) is 9.36 Å². The summed E-state index contributed by atoms with van der Waals surface area (Å²) in [4.78, 5) is 0. The molecule has 0 aliphatic heterocycles. The van der Waals surface area contributed by atoms with Gasteiger partial charge in [-0.15, -0.1) is 0 Å². The summed E-state index contributed by atoms with van der Waals surface area (Å²) in [5.74, 6) is 0. The van der Waals surface area contributed by atoms with Gasteiger partial charge in [-0.25, -0.2) is 4.39 Å². The summed E-state index contributed by atoms with van der Waals surface area (Å²) in [6.07, 6.45) is 5.59. The van der Waals surface area contributed by atoms with Gasteiger partial charge in [-0.2, -0.15) is 10.2 Å². The van der Waals surface area contributed by atoms with Crippen LogP contribution in [0.1, 0.15) is 11.3 Å².